The van der Waals surface area contributed by atoms with Crippen LogP contribution in [0.4, 0.5) is 4.39 Å². The zero-order chi connectivity index (χ0) is 13.7. The van der Waals surface area contributed by atoms with Crippen LogP contribution < -0.4 is 5.32 Å². The number of nitrogens with one attached hydrogen (secondary N) is 1. The topological polar surface area (TPSA) is 12.0 Å². The smallest absolute Gasteiger partial charge is 0.123 e. The minimum atomic E-state index is -0.156. The Kier molecular flexibility index (Phi) is 5.11. The maximum atomic E-state index is 13.1. The fraction of sp³-hybridized carbons (Fsp3) is 0.375. The second-order valence-electron chi connectivity index (χ2n) is 5.09. The van der Waals surface area contributed by atoms with E-state index in [4.69, 9.17) is 0 Å². The van der Waals surface area contributed by atoms with Crippen molar-refractivity contribution < 1.29 is 4.39 Å². The van der Waals surface area contributed by atoms with Crippen LogP contribution in [0.5, 0.6) is 0 Å². The molecule has 1 N–H and O–H groups in total. The lowest BCUT2D eigenvalue weighted by Crippen LogP contribution is -2.37. The van der Waals surface area contributed by atoms with Gasteiger partial charge in [-0.25, -0.2) is 4.39 Å². The van der Waals surface area contributed by atoms with Crippen LogP contribution in [0, 0.1) is 5.82 Å². The standard InChI is InChI=1S/C16H20FNS/c1-12(9-14-5-3-6-15(17)11-14)18-13(2)10-16-7-4-8-19-16/h3-8,11-13,18H,9-10H2,1-2H3. The highest BCUT2D eigenvalue weighted by molar-refractivity contribution is 7.09. The lowest BCUT2D eigenvalue weighted by atomic mass is 10.1. The van der Waals surface area contributed by atoms with Crippen molar-refractivity contribution in [2.24, 2.45) is 0 Å². The molecule has 0 saturated heterocycles. The maximum Gasteiger partial charge on any atom is 0.123 e. The van der Waals surface area contributed by atoms with E-state index in [1.54, 1.807) is 23.5 Å². The molecule has 19 heavy (non-hydrogen) atoms. The minimum Gasteiger partial charge on any atom is -0.311 e. The van der Waals surface area contributed by atoms with Gasteiger partial charge in [-0.2, -0.15) is 0 Å². The molecule has 1 nitrogen and oxygen atoms in total. The minimum absolute atomic E-state index is 0.156. The van der Waals surface area contributed by atoms with Gasteiger partial charge in [0.15, 0.2) is 0 Å². The number of hydrogen-bond donors (Lipinski definition) is 1. The van der Waals surface area contributed by atoms with Crippen molar-refractivity contribution in [3.8, 4) is 0 Å². The molecule has 0 aliphatic heterocycles. The molecule has 0 aliphatic rings. The molecule has 0 radical (unpaired) electrons. The van der Waals surface area contributed by atoms with Gasteiger partial charge >= 0.3 is 0 Å². The number of rotatable bonds is 6. The molecule has 1 aromatic carbocycles. The number of halogens is 1. The normalized spacial score (nSPS) is 14.3. The summed E-state index contributed by atoms with van der Waals surface area (Å²) >= 11 is 1.79. The lowest BCUT2D eigenvalue weighted by Gasteiger charge is -2.19. The summed E-state index contributed by atoms with van der Waals surface area (Å²) in [6.07, 6.45) is 1.90. The Hall–Kier alpha value is -1.19. The van der Waals surface area contributed by atoms with Crippen molar-refractivity contribution >= 4 is 11.3 Å². The third kappa shape index (κ3) is 4.77. The van der Waals surface area contributed by atoms with E-state index >= 15 is 0 Å². The Balaban J connectivity index is 1.82. The molecule has 0 bridgehead atoms. The zero-order valence-corrected chi connectivity index (χ0v) is 12.2. The first-order valence-corrected chi connectivity index (χ1v) is 7.54. The molecule has 0 amide bonds. The molecule has 3 heteroatoms. The van der Waals surface area contributed by atoms with Crippen molar-refractivity contribution in [3.63, 3.8) is 0 Å². The van der Waals surface area contributed by atoms with Crippen LogP contribution in [-0.2, 0) is 12.8 Å². The van der Waals surface area contributed by atoms with E-state index in [1.807, 2.05) is 6.07 Å². The molecule has 0 saturated carbocycles. The van der Waals surface area contributed by atoms with Gasteiger partial charge < -0.3 is 5.32 Å². The second-order valence-corrected chi connectivity index (χ2v) is 6.12. The van der Waals surface area contributed by atoms with Gasteiger partial charge in [-0.1, -0.05) is 18.2 Å². The van der Waals surface area contributed by atoms with Gasteiger partial charge in [0, 0.05) is 17.0 Å². The van der Waals surface area contributed by atoms with Crippen LogP contribution in [0.15, 0.2) is 41.8 Å². The number of thiophene rings is 1. The molecule has 0 aliphatic carbocycles. The summed E-state index contributed by atoms with van der Waals surface area (Å²) in [6.45, 7) is 4.34. The molecule has 1 heterocycles. The number of benzene rings is 1. The van der Waals surface area contributed by atoms with Crippen molar-refractivity contribution in [2.45, 2.75) is 38.8 Å². The Morgan fingerprint density at radius 1 is 1.11 bits per heavy atom. The second kappa shape index (κ2) is 6.83. The Bertz CT molecular complexity index is 495. The highest BCUT2D eigenvalue weighted by Crippen LogP contribution is 2.12. The third-order valence-corrected chi connectivity index (χ3v) is 3.99. The summed E-state index contributed by atoms with van der Waals surface area (Å²) in [4.78, 5) is 1.40. The SMILES string of the molecule is CC(Cc1cccc(F)c1)NC(C)Cc1cccs1. The van der Waals surface area contributed by atoms with E-state index in [2.05, 4.69) is 36.7 Å². The van der Waals surface area contributed by atoms with E-state index < -0.39 is 0 Å². The van der Waals surface area contributed by atoms with Crippen LogP contribution in [-0.4, -0.2) is 12.1 Å². The molecule has 0 fully saturated rings. The molecule has 102 valence electrons. The molecular formula is C16H20FNS. The zero-order valence-electron chi connectivity index (χ0n) is 11.4. The molecular weight excluding hydrogens is 257 g/mol. The largest absolute Gasteiger partial charge is 0.311 e. The molecule has 0 spiro atoms. The fourth-order valence-corrected chi connectivity index (χ4v) is 3.19. The van der Waals surface area contributed by atoms with Crippen LogP contribution in [0.1, 0.15) is 24.3 Å². The molecule has 2 rings (SSSR count). The van der Waals surface area contributed by atoms with E-state index in [0.29, 0.717) is 12.1 Å². The Morgan fingerprint density at radius 3 is 2.58 bits per heavy atom. The van der Waals surface area contributed by atoms with Crippen LogP contribution in [0.25, 0.3) is 0 Å². The molecule has 2 unspecified atom stereocenters. The predicted molar refractivity (Wildman–Crippen MR) is 80.2 cm³/mol. The average molecular weight is 277 g/mol. The van der Waals surface area contributed by atoms with Gasteiger partial charge in [0.1, 0.15) is 5.82 Å². The van der Waals surface area contributed by atoms with Gasteiger partial charge in [-0.15, -0.1) is 11.3 Å². The first-order valence-electron chi connectivity index (χ1n) is 6.66. The molecule has 2 atom stereocenters. The number of hydrogen-bond acceptors (Lipinski definition) is 2. The molecule has 2 aromatic rings. The fourth-order valence-electron chi connectivity index (χ4n) is 2.35. The van der Waals surface area contributed by atoms with Crippen molar-refractivity contribution in [1.29, 1.82) is 0 Å². The van der Waals surface area contributed by atoms with Gasteiger partial charge in [0.05, 0.1) is 0 Å². The van der Waals surface area contributed by atoms with Crippen molar-refractivity contribution in [1.82, 2.24) is 5.32 Å². The monoisotopic (exact) mass is 277 g/mol. The summed E-state index contributed by atoms with van der Waals surface area (Å²) in [5.74, 6) is -0.156. The summed E-state index contributed by atoms with van der Waals surface area (Å²) < 4.78 is 13.1. The van der Waals surface area contributed by atoms with E-state index in [-0.39, 0.29) is 5.82 Å². The molecule has 1 aromatic heterocycles. The van der Waals surface area contributed by atoms with Gasteiger partial charge in [0.25, 0.3) is 0 Å². The lowest BCUT2D eigenvalue weighted by molar-refractivity contribution is 0.463. The van der Waals surface area contributed by atoms with E-state index in [0.717, 1.165) is 18.4 Å². The van der Waals surface area contributed by atoms with Crippen LogP contribution in [0.3, 0.4) is 0 Å². The van der Waals surface area contributed by atoms with Crippen LogP contribution >= 0.6 is 11.3 Å². The quantitative estimate of drug-likeness (QED) is 0.840. The maximum absolute atomic E-state index is 13.1. The van der Waals surface area contributed by atoms with Crippen molar-refractivity contribution in [3.05, 3.63) is 58.0 Å². The third-order valence-electron chi connectivity index (χ3n) is 3.09. The Labute approximate surface area is 118 Å². The van der Waals surface area contributed by atoms with Gasteiger partial charge in [0.2, 0.25) is 0 Å². The van der Waals surface area contributed by atoms with Gasteiger partial charge in [-0.3, -0.25) is 0 Å². The highest BCUT2D eigenvalue weighted by atomic mass is 32.1. The predicted octanol–water partition coefficient (Wildman–Crippen LogP) is 4.04. The van der Waals surface area contributed by atoms with E-state index in [1.165, 1.54) is 10.9 Å². The van der Waals surface area contributed by atoms with Crippen LogP contribution in [0.2, 0.25) is 0 Å². The Morgan fingerprint density at radius 2 is 1.89 bits per heavy atom. The summed E-state index contributed by atoms with van der Waals surface area (Å²) in [7, 11) is 0. The average Bonchev–Trinajstić information content (AvgIpc) is 2.81. The van der Waals surface area contributed by atoms with Gasteiger partial charge in [-0.05, 0) is 55.8 Å². The van der Waals surface area contributed by atoms with E-state index in [9.17, 15) is 4.39 Å². The van der Waals surface area contributed by atoms with Crippen molar-refractivity contribution in [2.75, 3.05) is 0 Å². The highest BCUT2D eigenvalue weighted by Gasteiger charge is 2.09. The first-order chi connectivity index (χ1) is 9.13. The summed E-state index contributed by atoms with van der Waals surface area (Å²) in [5, 5.41) is 5.68. The first kappa shape index (κ1) is 14.2. The summed E-state index contributed by atoms with van der Waals surface area (Å²) in [5.41, 5.74) is 1.04. The summed E-state index contributed by atoms with van der Waals surface area (Å²) in [6, 6.07) is 11.9.